The molecule has 2 rings (SSSR count). The third-order valence-corrected chi connectivity index (χ3v) is 3.63. The van der Waals surface area contributed by atoms with E-state index in [0.29, 0.717) is 19.1 Å². The fraction of sp³-hybridized carbons (Fsp3) is 0.316. The lowest BCUT2D eigenvalue weighted by atomic mass is 10.1. The number of nitrogens with zero attached hydrogens (tertiary/aromatic N) is 1. The first-order valence-corrected chi connectivity index (χ1v) is 8.07. The van der Waals surface area contributed by atoms with E-state index in [9.17, 15) is 4.39 Å². The minimum Gasteiger partial charge on any atom is -0.491 e. The Labute approximate surface area is 142 Å². The van der Waals surface area contributed by atoms with Crippen molar-refractivity contribution in [3.05, 3.63) is 65.5 Å². The van der Waals surface area contributed by atoms with Crippen LogP contribution >= 0.6 is 0 Å². The predicted molar refractivity (Wildman–Crippen MR) is 95.8 cm³/mol. The van der Waals surface area contributed by atoms with E-state index in [1.54, 1.807) is 13.1 Å². The van der Waals surface area contributed by atoms with Gasteiger partial charge in [0.05, 0.1) is 12.6 Å². The van der Waals surface area contributed by atoms with E-state index in [-0.39, 0.29) is 17.6 Å². The molecule has 0 aliphatic carbocycles. The van der Waals surface area contributed by atoms with Crippen molar-refractivity contribution in [2.24, 2.45) is 4.99 Å². The highest BCUT2D eigenvalue weighted by Crippen LogP contribution is 2.18. The first-order chi connectivity index (χ1) is 11.6. The first-order valence-electron chi connectivity index (χ1n) is 8.07. The molecule has 0 saturated heterocycles. The Balaban J connectivity index is 1.93. The molecule has 2 N–H and O–H groups in total. The molecule has 0 aromatic heterocycles. The van der Waals surface area contributed by atoms with Gasteiger partial charge in [0.15, 0.2) is 17.5 Å². The maximum Gasteiger partial charge on any atom is 0.191 e. The molecule has 1 atom stereocenters. The van der Waals surface area contributed by atoms with E-state index in [2.05, 4.69) is 34.7 Å². The van der Waals surface area contributed by atoms with Crippen LogP contribution in [-0.4, -0.2) is 19.6 Å². The molecule has 0 radical (unpaired) electrons. The monoisotopic (exact) mass is 329 g/mol. The molecule has 24 heavy (non-hydrogen) atoms. The highest BCUT2D eigenvalue weighted by Gasteiger charge is 2.08. The van der Waals surface area contributed by atoms with Gasteiger partial charge >= 0.3 is 0 Å². The second-order valence-corrected chi connectivity index (χ2v) is 5.40. The molecule has 5 heteroatoms. The lowest BCUT2D eigenvalue weighted by Gasteiger charge is -2.18. The third kappa shape index (κ3) is 4.98. The van der Waals surface area contributed by atoms with Gasteiger partial charge in [-0.15, -0.1) is 0 Å². The summed E-state index contributed by atoms with van der Waals surface area (Å²) in [5.74, 6) is 0.596. The molecule has 0 saturated carbocycles. The average molecular weight is 329 g/mol. The summed E-state index contributed by atoms with van der Waals surface area (Å²) in [6.45, 7) is 4.82. The van der Waals surface area contributed by atoms with E-state index in [4.69, 9.17) is 4.74 Å². The number of benzene rings is 2. The molecule has 2 aromatic rings. The number of guanidine groups is 1. The zero-order valence-corrected chi connectivity index (χ0v) is 14.3. The van der Waals surface area contributed by atoms with E-state index < -0.39 is 0 Å². The van der Waals surface area contributed by atoms with E-state index in [0.717, 1.165) is 5.56 Å². The van der Waals surface area contributed by atoms with Crippen molar-refractivity contribution >= 4 is 5.96 Å². The Morgan fingerprint density at radius 1 is 1.21 bits per heavy atom. The fourth-order valence-corrected chi connectivity index (χ4v) is 2.34. The number of aliphatic imine (C=N–C) groups is 1. The first kappa shape index (κ1) is 17.8. The van der Waals surface area contributed by atoms with Crippen molar-refractivity contribution in [1.82, 2.24) is 10.6 Å². The highest BCUT2D eigenvalue weighted by atomic mass is 19.1. The molecule has 0 fully saturated rings. The molecule has 0 bridgehead atoms. The number of hydrogen-bond acceptors (Lipinski definition) is 2. The van der Waals surface area contributed by atoms with Crippen LogP contribution in [0.4, 0.5) is 4.39 Å². The SMILES string of the molecule is CCOc1ccc(CNC(=NC)NC(C)c2ccccc2)cc1F. The fourth-order valence-electron chi connectivity index (χ4n) is 2.34. The van der Waals surface area contributed by atoms with Crippen molar-refractivity contribution in [2.75, 3.05) is 13.7 Å². The lowest BCUT2D eigenvalue weighted by Crippen LogP contribution is -2.38. The van der Waals surface area contributed by atoms with Gasteiger partial charge in [-0.2, -0.15) is 0 Å². The van der Waals surface area contributed by atoms with E-state index in [1.165, 1.54) is 11.6 Å². The van der Waals surface area contributed by atoms with Gasteiger partial charge in [-0.25, -0.2) is 4.39 Å². The Kier molecular flexibility index (Phi) is 6.61. The number of rotatable bonds is 6. The number of halogens is 1. The van der Waals surface area contributed by atoms with Crippen LogP contribution in [-0.2, 0) is 6.54 Å². The zero-order chi connectivity index (χ0) is 17.4. The van der Waals surface area contributed by atoms with Crippen LogP contribution in [0.2, 0.25) is 0 Å². The minimum absolute atomic E-state index is 0.120. The molecule has 0 heterocycles. The molecule has 0 spiro atoms. The van der Waals surface area contributed by atoms with Crippen LogP contribution in [0.1, 0.15) is 31.0 Å². The van der Waals surface area contributed by atoms with Gasteiger partial charge in [0, 0.05) is 13.6 Å². The maximum absolute atomic E-state index is 13.9. The van der Waals surface area contributed by atoms with Gasteiger partial charge in [-0.3, -0.25) is 4.99 Å². The minimum atomic E-state index is -0.350. The molecule has 0 aliphatic heterocycles. The summed E-state index contributed by atoms with van der Waals surface area (Å²) in [5, 5.41) is 6.52. The highest BCUT2D eigenvalue weighted by molar-refractivity contribution is 5.80. The molecule has 2 aromatic carbocycles. The van der Waals surface area contributed by atoms with Crippen molar-refractivity contribution in [2.45, 2.75) is 26.4 Å². The van der Waals surface area contributed by atoms with Crippen LogP contribution in [0, 0.1) is 5.82 Å². The summed E-state index contributed by atoms with van der Waals surface area (Å²) in [5.41, 5.74) is 2.00. The van der Waals surface area contributed by atoms with E-state index >= 15 is 0 Å². The largest absolute Gasteiger partial charge is 0.491 e. The Morgan fingerprint density at radius 3 is 2.58 bits per heavy atom. The lowest BCUT2D eigenvalue weighted by molar-refractivity contribution is 0.321. The molecule has 0 amide bonds. The number of nitrogens with one attached hydrogen (secondary N) is 2. The van der Waals surface area contributed by atoms with Gasteiger partial charge in [0.2, 0.25) is 0 Å². The van der Waals surface area contributed by atoms with Gasteiger partial charge in [-0.1, -0.05) is 36.4 Å². The van der Waals surface area contributed by atoms with Crippen LogP contribution < -0.4 is 15.4 Å². The Morgan fingerprint density at radius 2 is 1.96 bits per heavy atom. The quantitative estimate of drug-likeness (QED) is 0.628. The molecule has 1 unspecified atom stereocenters. The second-order valence-electron chi connectivity index (χ2n) is 5.40. The molecule has 128 valence electrons. The van der Waals surface area contributed by atoms with Gasteiger partial charge in [-0.05, 0) is 37.1 Å². The molecular formula is C19H24FN3O. The van der Waals surface area contributed by atoms with Crippen molar-refractivity contribution < 1.29 is 9.13 Å². The van der Waals surface area contributed by atoms with Crippen LogP contribution in [0.5, 0.6) is 5.75 Å². The van der Waals surface area contributed by atoms with Crippen molar-refractivity contribution in [3.8, 4) is 5.75 Å². The summed E-state index contributed by atoms with van der Waals surface area (Å²) in [6.07, 6.45) is 0. The summed E-state index contributed by atoms with van der Waals surface area (Å²) < 4.78 is 19.1. The zero-order valence-electron chi connectivity index (χ0n) is 14.3. The second kappa shape index (κ2) is 8.91. The topological polar surface area (TPSA) is 45.6 Å². The van der Waals surface area contributed by atoms with Crippen molar-refractivity contribution in [1.29, 1.82) is 0 Å². The third-order valence-electron chi connectivity index (χ3n) is 3.63. The van der Waals surface area contributed by atoms with Gasteiger partial charge in [0.25, 0.3) is 0 Å². The summed E-state index contributed by atoms with van der Waals surface area (Å²) in [4.78, 5) is 4.21. The molecule has 0 aliphatic rings. The summed E-state index contributed by atoms with van der Waals surface area (Å²) >= 11 is 0. The maximum atomic E-state index is 13.9. The summed E-state index contributed by atoms with van der Waals surface area (Å²) in [6, 6.07) is 15.2. The van der Waals surface area contributed by atoms with Crippen LogP contribution in [0.25, 0.3) is 0 Å². The number of hydrogen-bond donors (Lipinski definition) is 2. The van der Waals surface area contributed by atoms with Crippen LogP contribution in [0.3, 0.4) is 0 Å². The Bertz CT molecular complexity index is 674. The molecular weight excluding hydrogens is 305 g/mol. The van der Waals surface area contributed by atoms with Crippen LogP contribution in [0.15, 0.2) is 53.5 Å². The van der Waals surface area contributed by atoms with Gasteiger partial charge < -0.3 is 15.4 Å². The van der Waals surface area contributed by atoms with Crippen molar-refractivity contribution in [3.63, 3.8) is 0 Å². The molecule has 4 nitrogen and oxygen atoms in total. The Hall–Kier alpha value is -2.56. The average Bonchev–Trinajstić information content (AvgIpc) is 2.61. The van der Waals surface area contributed by atoms with E-state index in [1.807, 2.05) is 31.2 Å². The van der Waals surface area contributed by atoms with Gasteiger partial charge in [0.1, 0.15) is 0 Å². The summed E-state index contributed by atoms with van der Waals surface area (Å²) in [7, 11) is 1.71. The standard InChI is InChI=1S/C19H24FN3O/c1-4-24-18-11-10-15(12-17(18)20)13-22-19(21-3)23-14(2)16-8-6-5-7-9-16/h5-12,14H,4,13H2,1-3H3,(H2,21,22,23). The predicted octanol–water partition coefficient (Wildman–Crippen LogP) is 3.65. The smallest absolute Gasteiger partial charge is 0.191 e. The number of ether oxygens (including phenoxy) is 1. The normalized spacial score (nSPS) is 12.6.